The Morgan fingerprint density at radius 2 is 1.85 bits per heavy atom. The lowest BCUT2D eigenvalue weighted by Crippen LogP contribution is -2.44. The van der Waals surface area contributed by atoms with Gasteiger partial charge in [0.25, 0.3) is 5.56 Å². The largest absolute Gasteiger partial charge is 0.435 e. The highest BCUT2D eigenvalue weighted by atomic mass is 19.3. The molecule has 1 atom stereocenters. The van der Waals surface area contributed by atoms with Crippen LogP contribution < -0.4 is 26.6 Å². The maximum atomic E-state index is 14.0. The number of para-hydroxylation sites is 1. The lowest BCUT2D eigenvalue weighted by molar-refractivity contribution is -0.0498. The second-order valence-corrected chi connectivity index (χ2v) is 9.31. The maximum Gasteiger partial charge on any atom is 0.387 e. The third-order valence-corrected chi connectivity index (χ3v) is 6.67. The molecule has 1 fully saturated rings. The van der Waals surface area contributed by atoms with Crippen LogP contribution in [0.5, 0.6) is 5.75 Å². The topological polar surface area (TPSA) is 100 Å². The molecule has 1 aliphatic rings. The Morgan fingerprint density at radius 3 is 2.51 bits per heavy atom. The van der Waals surface area contributed by atoms with E-state index in [4.69, 9.17) is 10.7 Å². The van der Waals surface area contributed by atoms with Crippen LogP contribution in [0.4, 0.5) is 14.7 Å². The zero-order valence-electron chi connectivity index (χ0n) is 21.4. The fourth-order valence-electron chi connectivity index (χ4n) is 4.87. The van der Waals surface area contributed by atoms with Crippen LogP contribution in [0.3, 0.4) is 0 Å². The summed E-state index contributed by atoms with van der Waals surface area (Å²) in [6.45, 7) is 0.177. The number of nitrogens with zero attached hydrogens (tertiary/aromatic N) is 5. The van der Waals surface area contributed by atoms with E-state index in [0.29, 0.717) is 30.3 Å². The van der Waals surface area contributed by atoms with Gasteiger partial charge in [0, 0.05) is 19.1 Å². The van der Waals surface area contributed by atoms with Crippen LogP contribution in [-0.2, 0) is 13.1 Å². The van der Waals surface area contributed by atoms with Crippen LogP contribution in [0.15, 0.2) is 64.2 Å². The first-order valence-electron chi connectivity index (χ1n) is 12.6. The van der Waals surface area contributed by atoms with Crippen molar-refractivity contribution in [3.8, 4) is 23.3 Å². The molecular weight excluding hydrogens is 506 g/mol. The number of aromatic nitrogens is 4. The summed E-state index contributed by atoms with van der Waals surface area (Å²) >= 11 is 0. The summed E-state index contributed by atoms with van der Waals surface area (Å²) in [6.07, 6.45) is 1.78. The number of anilines is 1. The maximum absolute atomic E-state index is 14.0. The van der Waals surface area contributed by atoms with E-state index in [2.05, 4.69) is 16.6 Å². The molecule has 9 nitrogen and oxygen atoms in total. The fourth-order valence-corrected chi connectivity index (χ4v) is 4.87. The minimum Gasteiger partial charge on any atom is -0.435 e. The molecule has 0 saturated carbocycles. The van der Waals surface area contributed by atoms with E-state index in [0.717, 1.165) is 17.4 Å². The molecule has 2 aromatic heterocycles. The van der Waals surface area contributed by atoms with Crippen molar-refractivity contribution in [2.75, 3.05) is 18.0 Å². The first-order valence-corrected chi connectivity index (χ1v) is 12.6. The average molecular weight is 535 g/mol. The van der Waals surface area contributed by atoms with E-state index < -0.39 is 17.9 Å². The van der Waals surface area contributed by atoms with Gasteiger partial charge in [0.05, 0.1) is 18.8 Å². The van der Waals surface area contributed by atoms with Crippen LogP contribution in [0, 0.1) is 11.8 Å². The molecule has 4 aromatic rings. The van der Waals surface area contributed by atoms with Crippen molar-refractivity contribution in [2.24, 2.45) is 5.73 Å². The number of fused-ring (bicyclic) bond motifs is 1. The summed E-state index contributed by atoms with van der Waals surface area (Å²) in [4.78, 5) is 34.7. The smallest absolute Gasteiger partial charge is 0.387 e. The quantitative estimate of drug-likeness (QED) is 0.366. The van der Waals surface area contributed by atoms with Gasteiger partial charge in [-0.25, -0.2) is 9.36 Å². The average Bonchev–Trinajstić information content (AvgIpc) is 3.30. The van der Waals surface area contributed by atoms with Gasteiger partial charge in [-0.1, -0.05) is 36.3 Å². The molecule has 39 heavy (non-hydrogen) atoms. The molecule has 11 heteroatoms. The Labute approximate surface area is 223 Å². The van der Waals surface area contributed by atoms with E-state index in [-0.39, 0.29) is 36.0 Å². The van der Waals surface area contributed by atoms with Crippen molar-refractivity contribution < 1.29 is 13.5 Å². The zero-order valence-corrected chi connectivity index (χ0v) is 21.4. The molecular formula is C28H28F2N6O3. The van der Waals surface area contributed by atoms with E-state index >= 15 is 0 Å². The summed E-state index contributed by atoms with van der Waals surface area (Å²) in [5, 5.41) is 0. The van der Waals surface area contributed by atoms with Gasteiger partial charge in [0.1, 0.15) is 5.75 Å². The van der Waals surface area contributed by atoms with Crippen LogP contribution in [0.2, 0.25) is 0 Å². The second kappa shape index (κ2) is 11.1. The van der Waals surface area contributed by atoms with Crippen LogP contribution in [0.25, 0.3) is 16.9 Å². The molecule has 2 aromatic carbocycles. The number of hydrogen-bond acceptors (Lipinski definition) is 6. The van der Waals surface area contributed by atoms with Crippen molar-refractivity contribution in [3.05, 3.63) is 81.0 Å². The van der Waals surface area contributed by atoms with Crippen molar-refractivity contribution in [2.45, 2.75) is 45.5 Å². The first-order chi connectivity index (χ1) is 18.9. The van der Waals surface area contributed by atoms with Crippen LogP contribution in [-0.4, -0.2) is 44.4 Å². The van der Waals surface area contributed by atoms with Gasteiger partial charge < -0.3 is 15.4 Å². The van der Waals surface area contributed by atoms with Gasteiger partial charge in [-0.05, 0) is 49.6 Å². The van der Waals surface area contributed by atoms with Gasteiger partial charge in [0.2, 0.25) is 5.95 Å². The summed E-state index contributed by atoms with van der Waals surface area (Å²) in [7, 11) is 0. The number of imidazole rings is 1. The van der Waals surface area contributed by atoms with Crippen molar-refractivity contribution in [1.82, 2.24) is 18.7 Å². The van der Waals surface area contributed by atoms with Gasteiger partial charge in [0.15, 0.2) is 11.2 Å². The van der Waals surface area contributed by atoms with E-state index in [1.165, 1.54) is 16.7 Å². The zero-order chi connectivity index (χ0) is 27.5. The first kappa shape index (κ1) is 26.2. The predicted octanol–water partition coefficient (Wildman–Crippen LogP) is 2.95. The van der Waals surface area contributed by atoms with E-state index in [1.54, 1.807) is 47.9 Å². The minimum absolute atomic E-state index is 0.0150. The Bertz CT molecular complexity index is 1650. The molecule has 0 unspecified atom stereocenters. The number of rotatable bonds is 7. The number of halogens is 2. The Balaban J connectivity index is 1.73. The molecule has 1 saturated heterocycles. The molecule has 0 aliphatic carbocycles. The van der Waals surface area contributed by atoms with E-state index in [9.17, 15) is 18.4 Å². The van der Waals surface area contributed by atoms with Gasteiger partial charge in [-0.3, -0.25) is 13.9 Å². The lowest BCUT2D eigenvalue weighted by atomic mass is 10.1. The van der Waals surface area contributed by atoms with E-state index in [1.807, 2.05) is 11.0 Å². The van der Waals surface area contributed by atoms with Crippen LogP contribution >= 0.6 is 0 Å². The normalized spacial score (nSPS) is 15.4. The molecule has 2 N–H and O–H groups in total. The fraction of sp³-hybridized carbons (Fsp3) is 0.321. The standard InChI is InChI=1S/C28H28F2N6O3/c1-2-3-16-34-23-24(32-27(34)33-15-7-8-20(31)18-33)36(21-9-5-4-6-10-21)28(38)35(25(23)37)17-19-11-13-22(14-12-19)39-26(29)30/h4-6,9-14,20,26H,7-8,15-18,31H2,1H3/t20-/m1/s1. The third kappa shape index (κ3) is 5.28. The van der Waals surface area contributed by atoms with Crippen molar-refractivity contribution in [3.63, 3.8) is 0 Å². The molecule has 0 bridgehead atoms. The van der Waals surface area contributed by atoms with Gasteiger partial charge >= 0.3 is 12.3 Å². The minimum atomic E-state index is -2.95. The second-order valence-electron chi connectivity index (χ2n) is 9.31. The molecule has 0 radical (unpaired) electrons. The monoisotopic (exact) mass is 534 g/mol. The molecule has 202 valence electrons. The molecule has 0 spiro atoms. The van der Waals surface area contributed by atoms with Crippen molar-refractivity contribution >= 4 is 17.1 Å². The highest BCUT2D eigenvalue weighted by Gasteiger charge is 2.27. The molecule has 1 aliphatic heterocycles. The number of benzene rings is 2. The Hall–Kier alpha value is -4.43. The number of piperidine rings is 1. The number of alkyl halides is 2. The van der Waals surface area contributed by atoms with Crippen molar-refractivity contribution in [1.29, 1.82) is 0 Å². The predicted molar refractivity (Wildman–Crippen MR) is 145 cm³/mol. The van der Waals surface area contributed by atoms with Crippen LogP contribution in [0.1, 0.15) is 25.3 Å². The summed E-state index contributed by atoms with van der Waals surface area (Å²) in [6, 6.07) is 14.8. The number of hydrogen-bond donors (Lipinski definition) is 1. The molecule has 0 amide bonds. The van der Waals surface area contributed by atoms with Gasteiger partial charge in [-0.15, -0.1) is 5.92 Å². The molecule has 3 heterocycles. The number of nitrogens with two attached hydrogens (primary N) is 1. The highest BCUT2D eigenvalue weighted by molar-refractivity contribution is 5.76. The highest BCUT2D eigenvalue weighted by Crippen LogP contribution is 2.24. The van der Waals surface area contributed by atoms with Gasteiger partial charge in [-0.2, -0.15) is 13.8 Å². The Kier molecular flexibility index (Phi) is 7.47. The summed E-state index contributed by atoms with van der Waals surface area (Å²) < 4.78 is 33.9. The molecule has 5 rings (SSSR count). The number of ether oxygens (including phenoxy) is 1. The SMILES string of the molecule is CC#CCn1c(N2CCC[C@@H](N)C2)nc2c1c(=O)n(Cc1ccc(OC(F)F)cc1)c(=O)n2-c1ccccc1. The lowest BCUT2D eigenvalue weighted by Gasteiger charge is -2.31. The summed E-state index contributed by atoms with van der Waals surface area (Å²) in [5.74, 6) is 6.43. The summed E-state index contributed by atoms with van der Waals surface area (Å²) in [5.41, 5.74) is 6.76. The third-order valence-electron chi connectivity index (χ3n) is 6.67. The Morgan fingerprint density at radius 1 is 1.10 bits per heavy atom.